The number of hydrogen-bond donors (Lipinski definition) is 1. The monoisotopic (exact) mass is 300 g/mol. The maximum absolute atomic E-state index is 12.1. The Morgan fingerprint density at radius 1 is 1.00 bits per heavy atom. The number of esters is 2. The van der Waals surface area contributed by atoms with E-state index in [0.29, 0.717) is 5.56 Å². The Labute approximate surface area is 128 Å². The van der Waals surface area contributed by atoms with Crippen LogP contribution >= 0.6 is 0 Å². The standard InChI is InChI=1S/C17H16O5/c1-11(2)21-17(20)14-9-8-13(18)10-15(14)22-16(19)12-6-4-3-5-7-12/h3-11,18H,1-2H3. The zero-order valence-corrected chi connectivity index (χ0v) is 12.3. The molecule has 0 saturated carbocycles. The van der Waals surface area contributed by atoms with Crippen LogP contribution in [0.1, 0.15) is 34.6 Å². The van der Waals surface area contributed by atoms with Crippen LogP contribution < -0.4 is 4.74 Å². The zero-order chi connectivity index (χ0) is 16.1. The van der Waals surface area contributed by atoms with Crippen LogP contribution in [0.3, 0.4) is 0 Å². The molecule has 0 aliphatic heterocycles. The Kier molecular flexibility index (Phi) is 4.78. The van der Waals surface area contributed by atoms with Crippen LogP contribution in [-0.4, -0.2) is 23.1 Å². The molecule has 0 fully saturated rings. The van der Waals surface area contributed by atoms with E-state index in [1.165, 1.54) is 18.2 Å². The van der Waals surface area contributed by atoms with Crippen LogP contribution in [0.15, 0.2) is 48.5 Å². The molecule has 2 aromatic rings. The van der Waals surface area contributed by atoms with Crippen molar-refractivity contribution in [1.82, 2.24) is 0 Å². The van der Waals surface area contributed by atoms with E-state index in [0.717, 1.165) is 0 Å². The normalized spacial score (nSPS) is 10.3. The van der Waals surface area contributed by atoms with Gasteiger partial charge in [-0.3, -0.25) is 0 Å². The predicted octanol–water partition coefficient (Wildman–Crippen LogP) is 3.18. The van der Waals surface area contributed by atoms with Crippen molar-refractivity contribution >= 4 is 11.9 Å². The van der Waals surface area contributed by atoms with E-state index < -0.39 is 11.9 Å². The molecule has 0 amide bonds. The molecule has 0 bridgehead atoms. The Morgan fingerprint density at radius 3 is 2.32 bits per heavy atom. The van der Waals surface area contributed by atoms with Gasteiger partial charge in [0.1, 0.15) is 17.1 Å². The second-order valence-electron chi connectivity index (χ2n) is 4.89. The van der Waals surface area contributed by atoms with Gasteiger partial charge in [0.25, 0.3) is 0 Å². The lowest BCUT2D eigenvalue weighted by atomic mass is 10.2. The van der Waals surface area contributed by atoms with Crippen molar-refractivity contribution in [2.24, 2.45) is 0 Å². The lowest BCUT2D eigenvalue weighted by Gasteiger charge is -2.12. The van der Waals surface area contributed by atoms with Gasteiger partial charge in [0.2, 0.25) is 0 Å². The van der Waals surface area contributed by atoms with E-state index in [1.807, 2.05) is 0 Å². The number of benzene rings is 2. The molecule has 114 valence electrons. The summed E-state index contributed by atoms with van der Waals surface area (Å²) in [6, 6.07) is 12.3. The van der Waals surface area contributed by atoms with E-state index in [4.69, 9.17) is 9.47 Å². The molecule has 0 atom stereocenters. The molecule has 22 heavy (non-hydrogen) atoms. The van der Waals surface area contributed by atoms with Gasteiger partial charge >= 0.3 is 11.9 Å². The number of phenolic OH excluding ortho intramolecular Hbond substituents is 1. The number of ether oxygens (including phenoxy) is 2. The van der Waals surface area contributed by atoms with Crippen LogP contribution in [0, 0.1) is 0 Å². The third-order valence-electron chi connectivity index (χ3n) is 2.74. The molecule has 5 heteroatoms. The molecule has 0 aromatic heterocycles. The summed E-state index contributed by atoms with van der Waals surface area (Å²) in [5, 5.41) is 9.54. The van der Waals surface area contributed by atoms with Crippen molar-refractivity contribution in [2.75, 3.05) is 0 Å². The predicted molar refractivity (Wildman–Crippen MR) is 80.1 cm³/mol. The first-order valence-electron chi connectivity index (χ1n) is 6.78. The Balaban J connectivity index is 2.28. The molecule has 0 aliphatic carbocycles. The summed E-state index contributed by atoms with van der Waals surface area (Å²) in [5.41, 5.74) is 0.421. The summed E-state index contributed by atoms with van der Waals surface area (Å²) in [5.74, 6) is -1.40. The van der Waals surface area contributed by atoms with Gasteiger partial charge in [-0.1, -0.05) is 18.2 Å². The second-order valence-corrected chi connectivity index (χ2v) is 4.89. The van der Waals surface area contributed by atoms with Crippen molar-refractivity contribution < 1.29 is 24.2 Å². The number of carbonyl (C=O) groups excluding carboxylic acids is 2. The Bertz CT molecular complexity index is 677. The number of hydrogen-bond acceptors (Lipinski definition) is 5. The van der Waals surface area contributed by atoms with Crippen LogP contribution in [0.2, 0.25) is 0 Å². The molecule has 2 rings (SSSR count). The summed E-state index contributed by atoms with van der Waals surface area (Å²) < 4.78 is 10.3. The van der Waals surface area contributed by atoms with Gasteiger partial charge in [-0.2, -0.15) is 0 Å². The van der Waals surface area contributed by atoms with E-state index in [9.17, 15) is 14.7 Å². The van der Waals surface area contributed by atoms with Crippen molar-refractivity contribution in [1.29, 1.82) is 0 Å². The largest absolute Gasteiger partial charge is 0.508 e. The highest BCUT2D eigenvalue weighted by Crippen LogP contribution is 2.26. The summed E-state index contributed by atoms with van der Waals surface area (Å²) in [7, 11) is 0. The molecule has 1 N–H and O–H groups in total. The number of rotatable bonds is 4. The summed E-state index contributed by atoms with van der Waals surface area (Å²) >= 11 is 0. The Morgan fingerprint density at radius 2 is 1.68 bits per heavy atom. The average molecular weight is 300 g/mol. The summed E-state index contributed by atoms with van der Waals surface area (Å²) in [4.78, 5) is 24.1. The molecule has 0 saturated heterocycles. The average Bonchev–Trinajstić information content (AvgIpc) is 2.47. The number of carbonyl (C=O) groups is 2. The quantitative estimate of drug-likeness (QED) is 0.693. The first-order valence-corrected chi connectivity index (χ1v) is 6.78. The minimum atomic E-state index is -0.621. The van der Waals surface area contributed by atoms with E-state index in [-0.39, 0.29) is 23.2 Å². The molecule has 0 spiro atoms. The second kappa shape index (κ2) is 6.76. The van der Waals surface area contributed by atoms with Crippen LogP contribution in [0.4, 0.5) is 0 Å². The number of aromatic hydroxyl groups is 1. The minimum Gasteiger partial charge on any atom is -0.508 e. The maximum Gasteiger partial charge on any atom is 0.343 e. The highest BCUT2D eigenvalue weighted by molar-refractivity contribution is 5.96. The first kappa shape index (κ1) is 15.6. The molecule has 0 radical (unpaired) electrons. The molecule has 5 nitrogen and oxygen atoms in total. The van der Waals surface area contributed by atoms with E-state index in [1.54, 1.807) is 44.2 Å². The lowest BCUT2D eigenvalue weighted by Crippen LogP contribution is -2.15. The molecule has 2 aromatic carbocycles. The third-order valence-corrected chi connectivity index (χ3v) is 2.74. The topological polar surface area (TPSA) is 72.8 Å². The van der Waals surface area contributed by atoms with Gasteiger partial charge < -0.3 is 14.6 Å². The SMILES string of the molecule is CC(C)OC(=O)c1ccc(O)cc1OC(=O)c1ccccc1. The first-order chi connectivity index (χ1) is 10.5. The molecule has 0 aliphatic rings. The van der Waals surface area contributed by atoms with Gasteiger partial charge in [-0.25, -0.2) is 9.59 Å². The van der Waals surface area contributed by atoms with E-state index >= 15 is 0 Å². The van der Waals surface area contributed by atoms with Crippen molar-refractivity contribution in [3.05, 3.63) is 59.7 Å². The molecular formula is C17H16O5. The highest BCUT2D eigenvalue weighted by Gasteiger charge is 2.19. The van der Waals surface area contributed by atoms with Crippen molar-refractivity contribution in [3.8, 4) is 11.5 Å². The zero-order valence-electron chi connectivity index (χ0n) is 12.3. The van der Waals surface area contributed by atoms with Gasteiger partial charge in [0.15, 0.2) is 0 Å². The van der Waals surface area contributed by atoms with Crippen LogP contribution in [0.5, 0.6) is 11.5 Å². The molecule has 0 heterocycles. The van der Waals surface area contributed by atoms with Gasteiger partial charge in [0.05, 0.1) is 11.7 Å². The fourth-order valence-electron chi connectivity index (χ4n) is 1.77. The fourth-order valence-corrected chi connectivity index (χ4v) is 1.77. The Hall–Kier alpha value is -2.82. The molecule has 0 unspecified atom stereocenters. The lowest BCUT2D eigenvalue weighted by molar-refractivity contribution is 0.0374. The fraction of sp³-hybridized carbons (Fsp3) is 0.176. The smallest absolute Gasteiger partial charge is 0.343 e. The maximum atomic E-state index is 12.1. The van der Waals surface area contributed by atoms with E-state index in [2.05, 4.69) is 0 Å². The summed E-state index contributed by atoms with van der Waals surface area (Å²) in [6.07, 6.45) is -0.307. The van der Waals surface area contributed by atoms with Crippen molar-refractivity contribution in [2.45, 2.75) is 20.0 Å². The third kappa shape index (κ3) is 3.85. The van der Waals surface area contributed by atoms with Gasteiger partial charge in [0, 0.05) is 6.07 Å². The van der Waals surface area contributed by atoms with Crippen molar-refractivity contribution in [3.63, 3.8) is 0 Å². The number of phenols is 1. The summed E-state index contributed by atoms with van der Waals surface area (Å²) in [6.45, 7) is 3.43. The minimum absolute atomic E-state index is 0.0421. The van der Waals surface area contributed by atoms with Crippen LogP contribution in [0.25, 0.3) is 0 Å². The highest BCUT2D eigenvalue weighted by atomic mass is 16.6. The van der Waals surface area contributed by atoms with Crippen LogP contribution in [-0.2, 0) is 4.74 Å². The van der Waals surface area contributed by atoms with Gasteiger partial charge in [-0.05, 0) is 38.1 Å². The molecular weight excluding hydrogens is 284 g/mol. The van der Waals surface area contributed by atoms with Gasteiger partial charge in [-0.15, -0.1) is 0 Å².